The van der Waals surface area contributed by atoms with Crippen molar-refractivity contribution in [1.82, 2.24) is 0 Å². The van der Waals surface area contributed by atoms with Crippen molar-refractivity contribution >= 4 is 11.6 Å². The second-order valence-electron chi connectivity index (χ2n) is 2.54. The smallest absolute Gasteiger partial charge is 0.125 e. The predicted molar refractivity (Wildman–Crippen MR) is 47.4 cm³/mol. The van der Waals surface area contributed by atoms with Crippen molar-refractivity contribution in [2.24, 2.45) is 11.5 Å². The first-order chi connectivity index (χ1) is 5.63. The lowest BCUT2D eigenvalue weighted by Crippen LogP contribution is -2.20. The fraction of sp³-hybridized carbons (Fsp3) is 0.250. The summed E-state index contributed by atoms with van der Waals surface area (Å²) < 4.78 is 12.7. The van der Waals surface area contributed by atoms with E-state index in [-0.39, 0.29) is 18.4 Å². The Hall–Kier alpha value is -0.640. The monoisotopic (exact) mass is 188 g/mol. The van der Waals surface area contributed by atoms with Crippen LogP contribution in [-0.4, -0.2) is 6.54 Å². The molecule has 1 aromatic rings. The molecule has 0 amide bonds. The molecule has 0 saturated heterocycles. The number of hydrogen-bond acceptors (Lipinski definition) is 2. The van der Waals surface area contributed by atoms with E-state index in [1.165, 1.54) is 12.1 Å². The first kappa shape index (κ1) is 9.45. The first-order valence-electron chi connectivity index (χ1n) is 3.55. The zero-order chi connectivity index (χ0) is 9.14. The molecule has 1 aromatic carbocycles. The molecule has 0 radical (unpaired) electrons. The van der Waals surface area contributed by atoms with Gasteiger partial charge in [-0.25, -0.2) is 4.39 Å². The Kier molecular flexibility index (Phi) is 3.03. The summed E-state index contributed by atoms with van der Waals surface area (Å²) in [6, 6.07) is 3.83. The maximum atomic E-state index is 12.7. The van der Waals surface area contributed by atoms with E-state index < -0.39 is 0 Å². The Morgan fingerprint density at radius 1 is 1.42 bits per heavy atom. The summed E-state index contributed by atoms with van der Waals surface area (Å²) in [6.07, 6.45) is 0. The third-order valence-electron chi connectivity index (χ3n) is 1.57. The highest BCUT2D eigenvalue weighted by Crippen LogP contribution is 2.17. The second-order valence-corrected chi connectivity index (χ2v) is 2.98. The highest BCUT2D eigenvalue weighted by Gasteiger charge is 2.05. The van der Waals surface area contributed by atoms with Gasteiger partial charge in [-0.3, -0.25) is 0 Å². The summed E-state index contributed by atoms with van der Waals surface area (Å²) in [7, 11) is 0. The standard InChI is InChI=1S/C8H10ClFN2/c9-6-1-5(8(12)4-11)2-7(10)3-6/h1-3,8H,4,11-12H2/t8-/m1/s1. The van der Waals surface area contributed by atoms with Crippen LogP contribution in [0.3, 0.4) is 0 Å². The van der Waals surface area contributed by atoms with Gasteiger partial charge in [-0.2, -0.15) is 0 Å². The minimum Gasteiger partial charge on any atom is -0.329 e. The third-order valence-corrected chi connectivity index (χ3v) is 1.79. The quantitative estimate of drug-likeness (QED) is 0.738. The minimum atomic E-state index is -0.388. The average molecular weight is 189 g/mol. The van der Waals surface area contributed by atoms with Gasteiger partial charge in [-0.1, -0.05) is 11.6 Å². The van der Waals surface area contributed by atoms with Crippen LogP contribution in [0.15, 0.2) is 18.2 Å². The molecule has 0 aliphatic rings. The molecule has 12 heavy (non-hydrogen) atoms. The molecule has 0 bridgehead atoms. The van der Waals surface area contributed by atoms with Gasteiger partial charge in [-0.15, -0.1) is 0 Å². The molecule has 1 atom stereocenters. The molecule has 2 nitrogen and oxygen atoms in total. The highest BCUT2D eigenvalue weighted by molar-refractivity contribution is 6.30. The van der Waals surface area contributed by atoms with E-state index in [0.717, 1.165) is 0 Å². The van der Waals surface area contributed by atoms with Crippen LogP contribution in [0.1, 0.15) is 11.6 Å². The Morgan fingerprint density at radius 2 is 2.08 bits per heavy atom. The van der Waals surface area contributed by atoms with Crippen molar-refractivity contribution in [1.29, 1.82) is 0 Å². The number of rotatable bonds is 2. The van der Waals surface area contributed by atoms with E-state index in [2.05, 4.69) is 0 Å². The maximum Gasteiger partial charge on any atom is 0.125 e. The molecule has 0 aliphatic carbocycles. The van der Waals surface area contributed by atoms with Crippen LogP contribution in [0.25, 0.3) is 0 Å². The topological polar surface area (TPSA) is 52.0 Å². The zero-order valence-electron chi connectivity index (χ0n) is 6.43. The molecule has 0 aliphatic heterocycles. The zero-order valence-corrected chi connectivity index (χ0v) is 7.18. The van der Waals surface area contributed by atoms with Crippen LogP contribution in [0.2, 0.25) is 5.02 Å². The van der Waals surface area contributed by atoms with Crippen molar-refractivity contribution in [3.63, 3.8) is 0 Å². The molecular formula is C8H10ClFN2. The summed E-state index contributed by atoms with van der Waals surface area (Å²) in [5, 5.41) is 0.342. The van der Waals surface area contributed by atoms with Crippen molar-refractivity contribution < 1.29 is 4.39 Å². The van der Waals surface area contributed by atoms with Gasteiger partial charge in [0.1, 0.15) is 5.82 Å². The van der Waals surface area contributed by atoms with Gasteiger partial charge < -0.3 is 11.5 Å². The highest BCUT2D eigenvalue weighted by atomic mass is 35.5. The second kappa shape index (κ2) is 3.85. The Bertz CT molecular complexity index is 258. The molecule has 4 heteroatoms. The van der Waals surface area contributed by atoms with Gasteiger partial charge >= 0.3 is 0 Å². The lowest BCUT2D eigenvalue weighted by Gasteiger charge is -2.08. The van der Waals surface area contributed by atoms with Gasteiger partial charge in [0.05, 0.1) is 0 Å². The molecule has 4 N–H and O–H groups in total. The van der Waals surface area contributed by atoms with E-state index in [1.807, 2.05) is 0 Å². The van der Waals surface area contributed by atoms with Crippen LogP contribution >= 0.6 is 11.6 Å². The van der Waals surface area contributed by atoms with E-state index in [0.29, 0.717) is 10.6 Å². The van der Waals surface area contributed by atoms with Gasteiger partial charge in [0, 0.05) is 17.6 Å². The summed E-state index contributed by atoms with van der Waals surface area (Å²) in [6.45, 7) is 0.278. The van der Waals surface area contributed by atoms with Crippen LogP contribution in [0.5, 0.6) is 0 Å². The van der Waals surface area contributed by atoms with Crippen molar-refractivity contribution in [3.8, 4) is 0 Å². The SMILES string of the molecule is NC[C@@H](N)c1cc(F)cc(Cl)c1. The van der Waals surface area contributed by atoms with Crippen LogP contribution in [0.4, 0.5) is 4.39 Å². The molecule has 0 heterocycles. The summed E-state index contributed by atoms with van der Waals surface area (Å²) >= 11 is 5.61. The van der Waals surface area contributed by atoms with Gasteiger partial charge in [0.15, 0.2) is 0 Å². The minimum absolute atomic E-state index is 0.278. The van der Waals surface area contributed by atoms with E-state index in [4.69, 9.17) is 23.1 Å². The molecule has 0 fully saturated rings. The van der Waals surface area contributed by atoms with Gasteiger partial charge in [-0.05, 0) is 23.8 Å². The Labute approximate surface area is 75.3 Å². The third kappa shape index (κ3) is 2.17. The predicted octanol–water partition coefficient (Wildman–Crippen LogP) is 1.44. The van der Waals surface area contributed by atoms with Crippen LogP contribution in [0, 0.1) is 5.82 Å². The molecule has 0 unspecified atom stereocenters. The summed E-state index contributed by atoms with van der Waals surface area (Å²) in [4.78, 5) is 0. The average Bonchev–Trinajstić information content (AvgIpc) is 2.01. The first-order valence-corrected chi connectivity index (χ1v) is 3.93. The normalized spacial score (nSPS) is 13.0. The van der Waals surface area contributed by atoms with Gasteiger partial charge in [0.2, 0.25) is 0 Å². The van der Waals surface area contributed by atoms with Crippen molar-refractivity contribution in [2.45, 2.75) is 6.04 Å². The maximum absolute atomic E-state index is 12.7. The largest absolute Gasteiger partial charge is 0.329 e. The number of hydrogen-bond donors (Lipinski definition) is 2. The lowest BCUT2D eigenvalue weighted by atomic mass is 10.1. The Morgan fingerprint density at radius 3 is 2.58 bits per heavy atom. The van der Waals surface area contributed by atoms with Crippen molar-refractivity contribution in [3.05, 3.63) is 34.6 Å². The lowest BCUT2D eigenvalue weighted by molar-refractivity contribution is 0.620. The fourth-order valence-electron chi connectivity index (χ4n) is 0.925. The summed E-state index contributed by atoms with van der Waals surface area (Å²) in [5.41, 5.74) is 11.5. The molecular weight excluding hydrogens is 179 g/mol. The Balaban J connectivity index is 3.00. The van der Waals surface area contributed by atoms with E-state index in [1.54, 1.807) is 6.07 Å². The van der Waals surface area contributed by atoms with Crippen LogP contribution in [-0.2, 0) is 0 Å². The fourth-order valence-corrected chi connectivity index (χ4v) is 1.16. The molecule has 0 aromatic heterocycles. The van der Waals surface area contributed by atoms with Crippen molar-refractivity contribution in [2.75, 3.05) is 6.54 Å². The number of halogens is 2. The molecule has 1 rings (SSSR count). The molecule has 0 saturated carbocycles. The van der Waals surface area contributed by atoms with Crippen LogP contribution < -0.4 is 11.5 Å². The van der Waals surface area contributed by atoms with Gasteiger partial charge in [0.25, 0.3) is 0 Å². The number of nitrogens with two attached hydrogens (primary N) is 2. The molecule has 66 valence electrons. The summed E-state index contributed by atoms with van der Waals surface area (Å²) in [5.74, 6) is -0.388. The number of benzene rings is 1. The van der Waals surface area contributed by atoms with E-state index >= 15 is 0 Å². The van der Waals surface area contributed by atoms with E-state index in [9.17, 15) is 4.39 Å². The molecule has 0 spiro atoms.